The number of ether oxygens (including phenoxy) is 2. The number of halogens is 1. The first-order valence-electron chi connectivity index (χ1n) is 12.6. The number of rotatable bonds is 10. The highest BCUT2D eigenvalue weighted by molar-refractivity contribution is 6.46. The maximum absolute atomic E-state index is 15.0. The predicted octanol–water partition coefficient (Wildman–Crippen LogP) is 4.15. The van der Waals surface area contributed by atoms with Crippen LogP contribution in [0.5, 0.6) is 5.75 Å². The lowest BCUT2D eigenvalue weighted by Gasteiger charge is -2.29. The van der Waals surface area contributed by atoms with E-state index in [2.05, 4.69) is 11.8 Å². The van der Waals surface area contributed by atoms with Gasteiger partial charge in [0.1, 0.15) is 17.3 Å². The zero-order valence-electron chi connectivity index (χ0n) is 20.6. The Labute approximate surface area is 211 Å². The summed E-state index contributed by atoms with van der Waals surface area (Å²) >= 11 is 0. The molecule has 192 valence electrons. The van der Waals surface area contributed by atoms with Crippen LogP contribution < -0.4 is 4.74 Å². The molecule has 1 amide bonds. The van der Waals surface area contributed by atoms with E-state index in [-0.39, 0.29) is 23.4 Å². The quantitative estimate of drug-likeness (QED) is 0.230. The SMILES string of the molecule is CCCCOc1cccc(C(O)=C2C(=O)C(=O)N(CCCN3CCOCC3)C2c2ccccc2F)c1. The average molecular weight is 497 g/mol. The number of hydrogen-bond donors (Lipinski definition) is 1. The molecule has 0 radical (unpaired) electrons. The molecule has 1 atom stereocenters. The summed E-state index contributed by atoms with van der Waals surface area (Å²) in [5, 5.41) is 11.3. The van der Waals surface area contributed by atoms with Crippen LogP contribution in [0.4, 0.5) is 4.39 Å². The maximum Gasteiger partial charge on any atom is 0.295 e. The molecule has 2 aromatic rings. The first-order chi connectivity index (χ1) is 17.5. The molecule has 0 spiro atoms. The molecule has 0 aliphatic carbocycles. The van der Waals surface area contributed by atoms with Crippen LogP contribution in [0, 0.1) is 5.82 Å². The van der Waals surface area contributed by atoms with Crippen molar-refractivity contribution in [2.24, 2.45) is 0 Å². The normalized spacial score (nSPS) is 20.2. The summed E-state index contributed by atoms with van der Waals surface area (Å²) in [5.74, 6) is -1.87. The Morgan fingerprint density at radius 2 is 1.86 bits per heavy atom. The van der Waals surface area contributed by atoms with Gasteiger partial charge in [-0.1, -0.05) is 43.7 Å². The van der Waals surface area contributed by atoms with Crippen LogP contribution in [0.3, 0.4) is 0 Å². The van der Waals surface area contributed by atoms with Gasteiger partial charge in [-0.15, -0.1) is 0 Å². The number of carbonyl (C=O) groups excluding carboxylic acids is 2. The van der Waals surface area contributed by atoms with Crippen LogP contribution in [0.2, 0.25) is 0 Å². The second kappa shape index (κ2) is 12.1. The van der Waals surface area contributed by atoms with Crippen molar-refractivity contribution in [2.45, 2.75) is 32.2 Å². The van der Waals surface area contributed by atoms with E-state index in [1.165, 1.54) is 11.0 Å². The van der Waals surface area contributed by atoms with E-state index < -0.39 is 23.5 Å². The van der Waals surface area contributed by atoms with Crippen LogP contribution in [-0.2, 0) is 14.3 Å². The van der Waals surface area contributed by atoms with Crippen molar-refractivity contribution in [3.8, 4) is 5.75 Å². The van der Waals surface area contributed by atoms with Gasteiger partial charge in [0.05, 0.1) is 31.4 Å². The van der Waals surface area contributed by atoms with E-state index in [0.29, 0.717) is 37.6 Å². The number of ketones is 1. The van der Waals surface area contributed by atoms with Crippen LogP contribution in [0.15, 0.2) is 54.1 Å². The van der Waals surface area contributed by atoms with Gasteiger partial charge in [-0.2, -0.15) is 0 Å². The lowest BCUT2D eigenvalue weighted by Crippen LogP contribution is -2.39. The van der Waals surface area contributed by atoms with Crippen molar-refractivity contribution in [1.29, 1.82) is 0 Å². The van der Waals surface area contributed by atoms with Crippen molar-refractivity contribution in [2.75, 3.05) is 46.0 Å². The number of nitrogens with zero attached hydrogens (tertiary/aromatic N) is 2. The molecule has 2 aliphatic rings. The standard InChI is InChI=1S/C28H33FN2O5/c1-2-3-16-36-21-9-6-8-20(19-21)26(32)24-25(22-10-4-5-11-23(22)29)31(28(34)27(24)33)13-7-12-30-14-17-35-18-15-30/h4-6,8-11,19,25,32H,2-3,7,12-18H2,1H3. The molecule has 4 rings (SSSR count). The fourth-order valence-electron chi connectivity index (χ4n) is 4.64. The summed E-state index contributed by atoms with van der Waals surface area (Å²) in [5.41, 5.74) is 0.416. The van der Waals surface area contributed by atoms with Crippen molar-refractivity contribution in [3.63, 3.8) is 0 Å². The molecule has 0 saturated carbocycles. The number of carbonyl (C=O) groups is 2. The van der Waals surface area contributed by atoms with Crippen molar-refractivity contribution < 1.29 is 28.6 Å². The fourth-order valence-corrected chi connectivity index (χ4v) is 4.64. The summed E-state index contributed by atoms with van der Waals surface area (Å²) in [4.78, 5) is 29.9. The number of aliphatic hydroxyl groups excluding tert-OH is 1. The molecule has 1 unspecified atom stereocenters. The van der Waals surface area contributed by atoms with E-state index in [1.807, 2.05) is 0 Å². The highest BCUT2D eigenvalue weighted by Gasteiger charge is 2.46. The zero-order valence-corrected chi connectivity index (χ0v) is 20.6. The first kappa shape index (κ1) is 25.9. The Morgan fingerprint density at radius 1 is 1.08 bits per heavy atom. The van der Waals surface area contributed by atoms with Gasteiger partial charge in [0.15, 0.2) is 0 Å². The second-order valence-corrected chi connectivity index (χ2v) is 9.05. The third-order valence-corrected chi connectivity index (χ3v) is 6.59. The van der Waals surface area contributed by atoms with Gasteiger partial charge in [0.25, 0.3) is 11.7 Å². The van der Waals surface area contributed by atoms with Gasteiger partial charge in [0, 0.05) is 37.3 Å². The van der Waals surface area contributed by atoms with Gasteiger partial charge in [-0.3, -0.25) is 14.5 Å². The van der Waals surface area contributed by atoms with Crippen LogP contribution in [0.25, 0.3) is 5.76 Å². The van der Waals surface area contributed by atoms with Crippen molar-refractivity contribution >= 4 is 17.4 Å². The van der Waals surface area contributed by atoms with Crippen LogP contribution >= 0.6 is 0 Å². The summed E-state index contributed by atoms with van der Waals surface area (Å²) in [6.07, 6.45) is 2.48. The summed E-state index contributed by atoms with van der Waals surface area (Å²) < 4.78 is 26.1. The molecule has 2 fully saturated rings. The van der Waals surface area contributed by atoms with E-state index in [9.17, 15) is 19.1 Å². The van der Waals surface area contributed by atoms with E-state index in [0.717, 1.165) is 32.5 Å². The molecule has 7 nitrogen and oxygen atoms in total. The van der Waals surface area contributed by atoms with Crippen molar-refractivity contribution in [3.05, 3.63) is 71.0 Å². The molecule has 2 saturated heterocycles. The molecule has 2 heterocycles. The van der Waals surface area contributed by atoms with Gasteiger partial charge >= 0.3 is 0 Å². The molecule has 0 aromatic heterocycles. The van der Waals surface area contributed by atoms with Gasteiger partial charge in [-0.05, 0) is 31.0 Å². The molecule has 2 aromatic carbocycles. The predicted molar refractivity (Wildman–Crippen MR) is 134 cm³/mol. The maximum atomic E-state index is 15.0. The molecular formula is C28H33FN2O5. The Bertz CT molecular complexity index is 1110. The van der Waals surface area contributed by atoms with E-state index >= 15 is 0 Å². The third kappa shape index (κ3) is 5.77. The summed E-state index contributed by atoms with van der Waals surface area (Å²) in [6.45, 7) is 6.55. The molecule has 8 heteroatoms. The summed E-state index contributed by atoms with van der Waals surface area (Å²) in [6, 6.07) is 11.8. The van der Waals surface area contributed by atoms with Crippen molar-refractivity contribution in [1.82, 2.24) is 9.80 Å². The van der Waals surface area contributed by atoms with Crippen LogP contribution in [0.1, 0.15) is 43.4 Å². The topological polar surface area (TPSA) is 79.3 Å². The number of morpholine rings is 1. The first-order valence-corrected chi connectivity index (χ1v) is 12.6. The number of likely N-dealkylation sites (tertiary alicyclic amines) is 1. The van der Waals surface area contributed by atoms with E-state index in [4.69, 9.17) is 9.47 Å². The zero-order chi connectivity index (χ0) is 25.5. The largest absolute Gasteiger partial charge is 0.507 e. The van der Waals surface area contributed by atoms with E-state index in [1.54, 1.807) is 42.5 Å². The Balaban J connectivity index is 1.65. The Kier molecular flexibility index (Phi) is 8.72. The number of unbranched alkanes of at least 4 members (excludes halogenated alkanes) is 1. The van der Waals surface area contributed by atoms with Gasteiger partial charge in [0.2, 0.25) is 0 Å². The average Bonchev–Trinajstić information content (AvgIpc) is 3.14. The number of benzene rings is 2. The minimum Gasteiger partial charge on any atom is -0.507 e. The molecule has 36 heavy (non-hydrogen) atoms. The monoisotopic (exact) mass is 496 g/mol. The second-order valence-electron chi connectivity index (χ2n) is 9.05. The fraction of sp³-hybridized carbons (Fsp3) is 0.429. The molecule has 1 N–H and O–H groups in total. The number of aliphatic hydroxyl groups is 1. The van der Waals surface area contributed by atoms with Crippen LogP contribution in [-0.4, -0.2) is 72.6 Å². The summed E-state index contributed by atoms with van der Waals surface area (Å²) in [7, 11) is 0. The van der Waals surface area contributed by atoms with Gasteiger partial charge < -0.3 is 19.5 Å². The molecular weight excluding hydrogens is 463 g/mol. The molecule has 2 aliphatic heterocycles. The highest BCUT2D eigenvalue weighted by Crippen LogP contribution is 2.40. The smallest absolute Gasteiger partial charge is 0.295 e. The Morgan fingerprint density at radius 3 is 2.61 bits per heavy atom. The van der Waals surface area contributed by atoms with Gasteiger partial charge in [-0.25, -0.2) is 4.39 Å². The molecule has 0 bridgehead atoms. The number of Topliss-reactive ketones (excluding diaryl/α,β-unsaturated/α-hetero) is 1. The minimum atomic E-state index is -1.01. The number of amides is 1. The lowest BCUT2D eigenvalue weighted by atomic mass is 9.95. The minimum absolute atomic E-state index is 0.109. The highest BCUT2D eigenvalue weighted by atomic mass is 19.1. The third-order valence-electron chi connectivity index (χ3n) is 6.59. The Hall–Kier alpha value is -3.23. The lowest BCUT2D eigenvalue weighted by molar-refractivity contribution is -0.140. The number of hydrogen-bond acceptors (Lipinski definition) is 6.